The third-order valence-corrected chi connectivity index (χ3v) is 6.19. The molecule has 6 nitrogen and oxygen atoms in total. The lowest BCUT2D eigenvalue weighted by molar-refractivity contribution is 0.0980. The zero-order valence-electron chi connectivity index (χ0n) is 18.4. The van der Waals surface area contributed by atoms with Crippen LogP contribution in [0.25, 0.3) is 0 Å². The first-order valence-electron chi connectivity index (χ1n) is 10.8. The highest BCUT2D eigenvalue weighted by atomic mass is 19.1. The molecule has 166 valence electrons. The van der Waals surface area contributed by atoms with E-state index in [1.54, 1.807) is 30.2 Å². The zero-order chi connectivity index (χ0) is 22.0. The van der Waals surface area contributed by atoms with Gasteiger partial charge in [-0.05, 0) is 68.9 Å². The molecule has 2 aromatic rings. The summed E-state index contributed by atoms with van der Waals surface area (Å²) in [5, 5.41) is 0. The number of anilines is 2. The van der Waals surface area contributed by atoms with E-state index in [9.17, 15) is 9.18 Å². The summed E-state index contributed by atoms with van der Waals surface area (Å²) in [6.45, 7) is 3.14. The molecule has 31 heavy (non-hydrogen) atoms. The molecule has 0 spiro atoms. The van der Waals surface area contributed by atoms with E-state index in [1.807, 2.05) is 12.1 Å². The normalized spacial score (nSPS) is 18.6. The Morgan fingerprint density at radius 1 is 1.13 bits per heavy atom. The smallest absolute Gasteiger partial charge is 0.258 e. The number of halogens is 1. The highest BCUT2D eigenvalue weighted by molar-refractivity contribution is 6.08. The van der Waals surface area contributed by atoms with Crippen molar-refractivity contribution in [3.63, 3.8) is 0 Å². The first-order chi connectivity index (χ1) is 15.0. The molecule has 0 aromatic heterocycles. The van der Waals surface area contributed by atoms with Crippen molar-refractivity contribution in [1.29, 1.82) is 0 Å². The van der Waals surface area contributed by atoms with Crippen LogP contribution >= 0.6 is 0 Å². The van der Waals surface area contributed by atoms with Crippen molar-refractivity contribution in [2.45, 2.75) is 18.9 Å². The quantitative estimate of drug-likeness (QED) is 0.635. The number of likely N-dealkylation sites (N-methyl/N-ethyl adjacent to an activating group) is 1. The Kier molecular flexibility index (Phi) is 6.43. The van der Waals surface area contributed by atoms with E-state index in [2.05, 4.69) is 23.9 Å². The second-order valence-electron chi connectivity index (χ2n) is 8.35. The summed E-state index contributed by atoms with van der Waals surface area (Å²) in [6.07, 6.45) is 1.72. The summed E-state index contributed by atoms with van der Waals surface area (Å²) in [5.74, 6) is 0.345. The van der Waals surface area contributed by atoms with Crippen LogP contribution in [0.5, 0.6) is 5.75 Å². The van der Waals surface area contributed by atoms with Crippen molar-refractivity contribution in [1.82, 2.24) is 4.90 Å². The minimum absolute atomic E-state index is 0.106. The molecule has 0 aliphatic carbocycles. The lowest BCUT2D eigenvalue weighted by Gasteiger charge is -2.30. The molecule has 4 rings (SSSR count). The molecule has 7 heteroatoms. The fraction of sp³-hybridized carbons (Fsp3) is 0.458. The van der Waals surface area contributed by atoms with Gasteiger partial charge in [0.1, 0.15) is 18.2 Å². The van der Waals surface area contributed by atoms with Crippen LogP contribution in [0.15, 0.2) is 36.4 Å². The highest BCUT2D eigenvalue weighted by Crippen LogP contribution is 2.32. The molecular formula is C24H30FN3O3. The monoisotopic (exact) mass is 427 g/mol. The largest absolute Gasteiger partial charge is 0.491 e. The molecule has 0 bridgehead atoms. The molecule has 0 unspecified atom stereocenters. The maximum Gasteiger partial charge on any atom is 0.258 e. The number of methoxy groups -OCH3 is 1. The minimum Gasteiger partial charge on any atom is -0.491 e. The molecule has 1 atom stereocenters. The van der Waals surface area contributed by atoms with Crippen LogP contribution in [0, 0.1) is 5.82 Å². The molecule has 1 fully saturated rings. The number of carbonyl (C=O) groups excluding carboxylic acids is 1. The molecule has 0 N–H and O–H groups in total. The van der Waals surface area contributed by atoms with E-state index in [0.29, 0.717) is 49.2 Å². The predicted octanol–water partition coefficient (Wildman–Crippen LogP) is 3.19. The second-order valence-corrected chi connectivity index (χ2v) is 8.35. The van der Waals surface area contributed by atoms with Crippen LogP contribution in [-0.2, 0) is 11.2 Å². The van der Waals surface area contributed by atoms with Crippen LogP contribution in [-0.4, -0.2) is 70.9 Å². The van der Waals surface area contributed by atoms with Gasteiger partial charge in [-0.2, -0.15) is 0 Å². The Labute approximate surface area is 183 Å². The number of ether oxygens (including phenoxy) is 2. The van der Waals surface area contributed by atoms with Crippen LogP contribution < -0.4 is 14.5 Å². The maximum absolute atomic E-state index is 15.0. The van der Waals surface area contributed by atoms with Gasteiger partial charge in [-0.1, -0.05) is 0 Å². The number of carbonyl (C=O) groups is 1. The van der Waals surface area contributed by atoms with Crippen LogP contribution in [0.1, 0.15) is 22.3 Å². The van der Waals surface area contributed by atoms with Gasteiger partial charge >= 0.3 is 0 Å². The van der Waals surface area contributed by atoms with Gasteiger partial charge in [0.25, 0.3) is 5.91 Å². The number of rotatable bonds is 7. The number of benzene rings is 2. The van der Waals surface area contributed by atoms with Crippen molar-refractivity contribution < 1.29 is 18.7 Å². The lowest BCUT2D eigenvalue weighted by Crippen LogP contribution is -2.37. The number of fused-ring (bicyclic) bond motifs is 1. The first kappa shape index (κ1) is 21.6. The number of hydrogen-bond acceptors (Lipinski definition) is 5. The molecule has 2 aliphatic heterocycles. The van der Waals surface area contributed by atoms with E-state index < -0.39 is 0 Å². The summed E-state index contributed by atoms with van der Waals surface area (Å²) in [4.78, 5) is 19.0. The number of hydrogen-bond donors (Lipinski definition) is 0. The Hall–Kier alpha value is -2.64. The lowest BCUT2D eigenvalue weighted by atomic mass is 9.98. The Morgan fingerprint density at radius 2 is 1.97 bits per heavy atom. The van der Waals surface area contributed by atoms with Gasteiger partial charge in [0.05, 0.1) is 12.3 Å². The molecule has 0 saturated carbocycles. The van der Waals surface area contributed by atoms with Crippen molar-refractivity contribution >= 4 is 17.3 Å². The van der Waals surface area contributed by atoms with Gasteiger partial charge < -0.3 is 24.2 Å². The van der Waals surface area contributed by atoms with Crippen molar-refractivity contribution in [3.05, 3.63) is 53.3 Å². The van der Waals surface area contributed by atoms with Crippen LogP contribution in [0.4, 0.5) is 15.8 Å². The Balaban J connectivity index is 1.48. The Morgan fingerprint density at radius 3 is 2.68 bits per heavy atom. The molecule has 2 aliphatic rings. The molecule has 1 amide bonds. The highest BCUT2D eigenvalue weighted by Gasteiger charge is 2.29. The Bertz CT molecular complexity index is 950. The van der Waals surface area contributed by atoms with Crippen LogP contribution in [0.3, 0.4) is 0 Å². The summed E-state index contributed by atoms with van der Waals surface area (Å²) in [7, 11) is 5.74. The molecule has 2 heterocycles. The second kappa shape index (κ2) is 9.24. The average molecular weight is 428 g/mol. The SMILES string of the molecule is COCCOc1ccc2c(c1)CCN(c1ccc(N3CC[C@@H](N(C)C)C3)c(F)c1)C2=O. The summed E-state index contributed by atoms with van der Waals surface area (Å²) in [5.41, 5.74) is 2.81. The van der Waals surface area contributed by atoms with E-state index in [1.165, 1.54) is 6.07 Å². The number of nitrogens with zero attached hydrogens (tertiary/aromatic N) is 3. The first-order valence-corrected chi connectivity index (χ1v) is 10.8. The maximum atomic E-state index is 15.0. The fourth-order valence-corrected chi connectivity index (χ4v) is 4.35. The minimum atomic E-state index is -0.280. The molecular weight excluding hydrogens is 397 g/mol. The predicted molar refractivity (Wildman–Crippen MR) is 120 cm³/mol. The van der Waals surface area contributed by atoms with Gasteiger partial charge in [-0.15, -0.1) is 0 Å². The van der Waals surface area contributed by atoms with Gasteiger partial charge in [0, 0.05) is 44.0 Å². The fourth-order valence-electron chi connectivity index (χ4n) is 4.35. The van der Waals surface area contributed by atoms with E-state index >= 15 is 0 Å². The molecule has 0 radical (unpaired) electrons. The van der Waals surface area contributed by atoms with Crippen molar-refractivity contribution in [3.8, 4) is 5.75 Å². The zero-order valence-corrected chi connectivity index (χ0v) is 18.4. The van der Waals surface area contributed by atoms with Crippen molar-refractivity contribution in [2.24, 2.45) is 0 Å². The van der Waals surface area contributed by atoms with Gasteiger partial charge in [-0.25, -0.2) is 4.39 Å². The van der Waals surface area contributed by atoms with Crippen molar-refractivity contribution in [2.75, 3.05) is 63.9 Å². The van der Waals surface area contributed by atoms with Crippen LogP contribution in [0.2, 0.25) is 0 Å². The van der Waals surface area contributed by atoms with Gasteiger partial charge in [0.2, 0.25) is 0 Å². The third-order valence-electron chi connectivity index (χ3n) is 6.19. The standard InChI is InChI=1S/C24H30FN3O3/c1-26(2)19-9-10-27(16-19)23-7-4-18(15-22(23)25)28-11-8-17-14-20(31-13-12-30-3)5-6-21(17)24(28)29/h4-7,14-15,19H,8-13,16H2,1-3H3/t19-/m1/s1. The summed E-state index contributed by atoms with van der Waals surface area (Å²) in [6, 6.07) is 11.1. The van der Waals surface area contributed by atoms with E-state index in [0.717, 1.165) is 30.8 Å². The van der Waals surface area contributed by atoms with E-state index in [-0.39, 0.29) is 11.7 Å². The summed E-state index contributed by atoms with van der Waals surface area (Å²) >= 11 is 0. The van der Waals surface area contributed by atoms with Gasteiger partial charge in [-0.3, -0.25) is 4.79 Å². The van der Waals surface area contributed by atoms with E-state index in [4.69, 9.17) is 9.47 Å². The topological polar surface area (TPSA) is 45.3 Å². The molecule has 2 aromatic carbocycles. The number of amides is 1. The third kappa shape index (κ3) is 4.52. The summed E-state index contributed by atoms with van der Waals surface area (Å²) < 4.78 is 25.6. The van der Waals surface area contributed by atoms with Gasteiger partial charge in [0.15, 0.2) is 0 Å². The molecule has 1 saturated heterocycles. The average Bonchev–Trinajstić information content (AvgIpc) is 3.24.